The van der Waals surface area contributed by atoms with E-state index in [4.69, 9.17) is 29.9 Å². The maximum Gasteiger partial charge on any atom is 0.336 e. The van der Waals surface area contributed by atoms with Crippen molar-refractivity contribution in [1.82, 2.24) is 5.32 Å². The van der Waals surface area contributed by atoms with E-state index in [2.05, 4.69) is 16.4 Å². The quantitative estimate of drug-likeness (QED) is 0.376. The van der Waals surface area contributed by atoms with Crippen LogP contribution in [-0.4, -0.2) is 70.0 Å². The summed E-state index contributed by atoms with van der Waals surface area (Å²) in [6.45, 7) is 1.97. The molecule has 0 amide bonds. The van der Waals surface area contributed by atoms with E-state index in [-0.39, 0.29) is 0 Å². The predicted octanol–water partition coefficient (Wildman–Crippen LogP) is 1.38. The van der Waals surface area contributed by atoms with E-state index >= 15 is 0 Å². The van der Waals surface area contributed by atoms with Gasteiger partial charge in [0.1, 0.15) is 23.9 Å². The second-order valence-corrected chi connectivity index (χ2v) is 7.26. The topological polar surface area (TPSA) is 175 Å². The zero-order valence-corrected chi connectivity index (χ0v) is 18.4. The fourth-order valence-electron chi connectivity index (χ4n) is 3.02. The van der Waals surface area contributed by atoms with Crippen LogP contribution < -0.4 is 14.8 Å². The second kappa shape index (κ2) is 12.2. The molecule has 2 aromatic carbocycles. The molecule has 0 aromatic heterocycles. The molecule has 5 N–H and O–H groups in total. The van der Waals surface area contributed by atoms with Gasteiger partial charge in [0.25, 0.3) is 0 Å². The average Bonchev–Trinajstić information content (AvgIpc) is 2.99. The number of aliphatic hydroxyl groups is 1. The van der Waals surface area contributed by atoms with Crippen LogP contribution in [-0.2, 0) is 20.9 Å². The lowest BCUT2D eigenvalue weighted by atomic mass is 9.96. The number of carbonyl (C=O) groups is 3. The van der Waals surface area contributed by atoms with E-state index < -0.39 is 36.4 Å². The third-order valence-electron chi connectivity index (χ3n) is 4.64. The Morgan fingerprint density at radius 1 is 1.06 bits per heavy atom. The van der Waals surface area contributed by atoms with Crippen molar-refractivity contribution >= 4 is 23.7 Å². The summed E-state index contributed by atoms with van der Waals surface area (Å²) >= 11 is 0. The standard InChI is InChI=1S/C17H18N2O2.C6H8O7/c1-20-14-6-4-5-13(11-14)12-19-17-15-7-2-3-8-16(15)21-10-9-18-17;7-3(8)1-6(13,5(11)12)2-4(9)10/h2-8,11H,9-10,12H2,1H3,(H,18,19);13H,1-2H2,(H,7,8)(H,9,10)(H,11,12). The lowest BCUT2D eigenvalue weighted by Crippen LogP contribution is -2.42. The Balaban J connectivity index is 0.000000273. The van der Waals surface area contributed by atoms with Crippen molar-refractivity contribution in [2.75, 3.05) is 20.3 Å². The first-order valence-corrected chi connectivity index (χ1v) is 10.2. The Bertz CT molecular complexity index is 1040. The summed E-state index contributed by atoms with van der Waals surface area (Å²) in [6.07, 6.45) is -2.29. The molecule has 1 aliphatic heterocycles. The summed E-state index contributed by atoms with van der Waals surface area (Å²) in [4.78, 5) is 35.1. The number of para-hydroxylation sites is 1. The van der Waals surface area contributed by atoms with Gasteiger partial charge in [0.15, 0.2) is 5.60 Å². The van der Waals surface area contributed by atoms with Crippen LogP contribution in [0.2, 0.25) is 0 Å². The number of aliphatic carboxylic acids is 3. The number of benzene rings is 2. The third kappa shape index (κ3) is 7.78. The summed E-state index contributed by atoms with van der Waals surface area (Å²) in [5, 5.41) is 37.2. The number of rotatable bonds is 8. The minimum absolute atomic E-state index is 0.612. The molecule has 34 heavy (non-hydrogen) atoms. The summed E-state index contributed by atoms with van der Waals surface area (Å²) < 4.78 is 10.9. The van der Waals surface area contributed by atoms with Crippen LogP contribution in [0.25, 0.3) is 0 Å². The minimum atomic E-state index is -2.74. The van der Waals surface area contributed by atoms with Gasteiger partial charge in [-0.1, -0.05) is 24.3 Å². The van der Waals surface area contributed by atoms with E-state index in [1.54, 1.807) is 7.11 Å². The molecule has 2 aromatic rings. The first-order valence-electron chi connectivity index (χ1n) is 10.2. The highest BCUT2D eigenvalue weighted by Gasteiger charge is 2.40. The number of fused-ring (bicyclic) bond motifs is 1. The molecular weight excluding hydrogens is 448 g/mol. The highest BCUT2D eigenvalue weighted by atomic mass is 16.5. The van der Waals surface area contributed by atoms with E-state index in [1.165, 1.54) is 0 Å². The molecule has 0 bridgehead atoms. The van der Waals surface area contributed by atoms with Crippen molar-refractivity contribution < 1.29 is 44.3 Å². The normalized spacial score (nSPS) is 12.5. The van der Waals surface area contributed by atoms with Crippen LogP contribution in [0.5, 0.6) is 11.5 Å². The molecule has 11 heteroatoms. The number of carboxylic acids is 3. The van der Waals surface area contributed by atoms with Crippen molar-refractivity contribution in [1.29, 1.82) is 0 Å². The first kappa shape index (κ1) is 26.1. The van der Waals surface area contributed by atoms with Gasteiger partial charge in [-0.3, -0.25) is 14.6 Å². The summed E-state index contributed by atoms with van der Waals surface area (Å²) in [6, 6.07) is 16.0. The van der Waals surface area contributed by atoms with Crippen LogP contribution in [0.4, 0.5) is 0 Å². The van der Waals surface area contributed by atoms with Crippen LogP contribution in [0.1, 0.15) is 24.0 Å². The van der Waals surface area contributed by atoms with Gasteiger partial charge in [-0.05, 0) is 29.8 Å². The smallest absolute Gasteiger partial charge is 0.336 e. The SMILES string of the molecule is COc1cccc(CNC2=NCCOc3ccccc32)c1.O=C(O)CC(O)(CC(=O)O)C(=O)O. The second-order valence-electron chi connectivity index (χ2n) is 7.26. The number of carboxylic acid groups (broad SMARTS) is 3. The monoisotopic (exact) mass is 474 g/mol. The fourth-order valence-corrected chi connectivity index (χ4v) is 3.02. The molecule has 1 aliphatic rings. The Morgan fingerprint density at radius 3 is 2.35 bits per heavy atom. The number of ether oxygens (including phenoxy) is 2. The van der Waals surface area contributed by atoms with Gasteiger partial charge in [0, 0.05) is 6.54 Å². The number of hydrogen-bond acceptors (Lipinski definition) is 8. The van der Waals surface area contributed by atoms with Crippen LogP contribution in [0, 0.1) is 0 Å². The Kier molecular flexibility index (Phi) is 9.38. The lowest BCUT2D eigenvalue weighted by molar-refractivity contribution is -0.170. The van der Waals surface area contributed by atoms with Gasteiger partial charge in [0.2, 0.25) is 0 Å². The number of nitrogens with one attached hydrogen (secondary N) is 1. The number of aliphatic imine (C=N–C) groups is 1. The number of methoxy groups -OCH3 is 1. The largest absolute Gasteiger partial charge is 0.497 e. The molecule has 0 fully saturated rings. The highest BCUT2D eigenvalue weighted by Crippen LogP contribution is 2.20. The minimum Gasteiger partial charge on any atom is -0.497 e. The van der Waals surface area contributed by atoms with Crippen LogP contribution in [0.15, 0.2) is 53.5 Å². The maximum atomic E-state index is 10.3. The van der Waals surface area contributed by atoms with E-state index in [9.17, 15) is 14.4 Å². The summed E-state index contributed by atoms with van der Waals surface area (Å²) in [7, 11) is 1.68. The Morgan fingerprint density at radius 2 is 1.74 bits per heavy atom. The molecule has 3 rings (SSSR count). The molecule has 0 atom stereocenters. The maximum absolute atomic E-state index is 10.3. The molecule has 0 radical (unpaired) electrons. The number of hydrogen-bond donors (Lipinski definition) is 5. The average molecular weight is 474 g/mol. The molecule has 0 spiro atoms. The predicted molar refractivity (Wildman–Crippen MR) is 120 cm³/mol. The summed E-state index contributed by atoms with van der Waals surface area (Å²) in [5.74, 6) is -2.40. The van der Waals surface area contributed by atoms with Gasteiger partial charge >= 0.3 is 17.9 Å². The molecule has 0 unspecified atom stereocenters. The molecular formula is C23H26N2O9. The van der Waals surface area contributed by atoms with Crippen molar-refractivity contribution in [3.63, 3.8) is 0 Å². The van der Waals surface area contributed by atoms with Gasteiger partial charge in [-0.2, -0.15) is 0 Å². The molecule has 11 nitrogen and oxygen atoms in total. The first-order chi connectivity index (χ1) is 16.1. The molecule has 0 saturated carbocycles. The third-order valence-corrected chi connectivity index (χ3v) is 4.64. The molecule has 0 saturated heterocycles. The Labute approximate surface area is 195 Å². The Hall–Kier alpha value is -4.12. The summed E-state index contributed by atoms with van der Waals surface area (Å²) in [5.41, 5.74) is -0.574. The molecule has 1 heterocycles. The van der Waals surface area contributed by atoms with Gasteiger partial charge < -0.3 is 35.2 Å². The lowest BCUT2D eigenvalue weighted by Gasteiger charge is -2.18. The van der Waals surface area contributed by atoms with Crippen molar-refractivity contribution in [3.05, 3.63) is 59.7 Å². The van der Waals surface area contributed by atoms with Crippen molar-refractivity contribution in [2.24, 2.45) is 4.99 Å². The van der Waals surface area contributed by atoms with Crippen LogP contribution >= 0.6 is 0 Å². The zero-order valence-electron chi connectivity index (χ0n) is 18.4. The number of amidine groups is 1. The molecule has 0 aliphatic carbocycles. The fraction of sp³-hybridized carbons (Fsp3) is 0.304. The van der Waals surface area contributed by atoms with Gasteiger partial charge in [-0.25, -0.2) is 4.79 Å². The van der Waals surface area contributed by atoms with Gasteiger partial charge in [-0.15, -0.1) is 0 Å². The van der Waals surface area contributed by atoms with Crippen molar-refractivity contribution in [3.8, 4) is 11.5 Å². The number of nitrogens with zero attached hydrogens (tertiary/aromatic N) is 1. The highest BCUT2D eigenvalue weighted by molar-refractivity contribution is 6.01. The van der Waals surface area contributed by atoms with E-state index in [0.29, 0.717) is 19.7 Å². The molecule has 182 valence electrons. The van der Waals surface area contributed by atoms with Crippen molar-refractivity contribution in [2.45, 2.75) is 25.0 Å². The van der Waals surface area contributed by atoms with Crippen LogP contribution in [0.3, 0.4) is 0 Å². The van der Waals surface area contributed by atoms with E-state index in [0.717, 1.165) is 28.5 Å². The van der Waals surface area contributed by atoms with E-state index in [1.807, 2.05) is 42.5 Å². The van der Waals surface area contributed by atoms with Gasteiger partial charge in [0.05, 0.1) is 32.1 Å². The zero-order chi connectivity index (χ0) is 25.1.